The summed E-state index contributed by atoms with van der Waals surface area (Å²) in [5.41, 5.74) is -0.329. The normalized spacial score (nSPS) is 10.3. The van der Waals surface area contributed by atoms with E-state index in [1.165, 1.54) is 0 Å². The van der Waals surface area contributed by atoms with Crippen LogP contribution in [0.1, 0.15) is 5.56 Å². The van der Waals surface area contributed by atoms with Crippen LogP contribution in [-0.2, 0) is 0 Å². The number of aromatic nitrogens is 3. The fourth-order valence-corrected chi connectivity index (χ4v) is 1.95. The van der Waals surface area contributed by atoms with Gasteiger partial charge in [-0.25, -0.2) is 0 Å². The predicted octanol–water partition coefficient (Wildman–Crippen LogP) is -1.38. The van der Waals surface area contributed by atoms with Crippen molar-refractivity contribution in [1.29, 1.82) is 5.26 Å². The van der Waals surface area contributed by atoms with Gasteiger partial charge >= 0.3 is 92.5 Å². The van der Waals surface area contributed by atoms with Crippen molar-refractivity contribution in [2.24, 2.45) is 0 Å². The molecular formula is C7H3BiN4O2. The van der Waals surface area contributed by atoms with E-state index in [1.54, 1.807) is 6.07 Å². The summed E-state index contributed by atoms with van der Waals surface area (Å²) in [5.74, 6) is -0.337. The third-order valence-corrected chi connectivity index (χ3v) is 2.56. The Morgan fingerprint density at radius 2 is 2.21 bits per heavy atom. The molecule has 0 aliphatic rings. The second-order valence-corrected chi connectivity index (χ2v) is 4.22. The molecule has 0 amide bonds. The van der Waals surface area contributed by atoms with Gasteiger partial charge in [-0.2, -0.15) is 0 Å². The molecule has 0 spiro atoms. The van der Waals surface area contributed by atoms with E-state index < -0.39 is 5.56 Å². The van der Waals surface area contributed by atoms with Crippen LogP contribution in [0.15, 0.2) is 4.79 Å². The molecule has 14 heavy (non-hydrogen) atoms. The van der Waals surface area contributed by atoms with Gasteiger partial charge in [0.25, 0.3) is 0 Å². The Kier molecular flexibility index (Phi) is 2.01. The average Bonchev–Trinajstić information content (AvgIpc) is 2.47. The molecule has 0 saturated carbocycles. The Labute approximate surface area is 92.4 Å². The molecule has 0 atom stereocenters. The molecule has 2 aromatic heterocycles. The van der Waals surface area contributed by atoms with E-state index in [9.17, 15) is 9.90 Å². The molecule has 0 bridgehead atoms. The van der Waals surface area contributed by atoms with Gasteiger partial charge in [0.1, 0.15) is 0 Å². The number of aromatic hydroxyl groups is 1. The molecule has 7 heteroatoms. The van der Waals surface area contributed by atoms with Gasteiger partial charge in [-0.15, -0.1) is 0 Å². The zero-order valence-electron chi connectivity index (χ0n) is 6.70. The summed E-state index contributed by atoms with van der Waals surface area (Å²) in [4.78, 5) is 20.4. The van der Waals surface area contributed by atoms with Crippen LogP contribution in [0.4, 0.5) is 0 Å². The van der Waals surface area contributed by atoms with Gasteiger partial charge in [-0.1, -0.05) is 0 Å². The first-order valence-electron chi connectivity index (χ1n) is 3.57. The molecule has 2 heterocycles. The van der Waals surface area contributed by atoms with Crippen molar-refractivity contribution in [3.05, 3.63) is 15.9 Å². The quantitative estimate of drug-likeness (QED) is 0.487. The number of imidazole rings is 1. The molecule has 0 aliphatic carbocycles. The summed E-state index contributed by atoms with van der Waals surface area (Å²) < 4.78 is 0.668. The summed E-state index contributed by atoms with van der Waals surface area (Å²) in [7, 11) is 0. The summed E-state index contributed by atoms with van der Waals surface area (Å²) in [6.07, 6.45) is 0. The van der Waals surface area contributed by atoms with Crippen LogP contribution < -0.4 is 9.09 Å². The van der Waals surface area contributed by atoms with E-state index in [1.807, 2.05) is 0 Å². The third-order valence-electron chi connectivity index (χ3n) is 1.74. The number of H-pyrrole nitrogens is 2. The summed E-state index contributed by atoms with van der Waals surface area (Å²) in [5, 5.41) is 18.2. The van der Waals surface area contributed by atoms with Crippen LogP contribution in [0.5, 0.6) is 5.75 Å². The topological polar surface area (TPSA) is 106 Å². The number of rotatable bonds is 0. The maximum absolute atomic E-state index is 11.2. The molecule has 2 aromatic rings. The Morgan fingerprint density at radius 3 is 2.86 bits per heavy atom. The second-order valence-electron chi connectivity index (χ2n) is 2.57. The van der Waals surface area contributed by atoms with Crippen molar-refractivity contribution in [3.63, 3.8) is 0 Å². The minimum atomic E-state index is -0.623. The number of pyridine rings is 1. The number of nitriles is 1. The van der Waals surface area contributed by atoms with Gasteiger partial charge in [0.05, 0.1) is 0 Å². The van der Waals surface area contributed by atoms with Crippen molar-refractivity contribution >= 4 is 39.4 Å². The maximum atomic E-state index is 11.2. The zero-order valence-corrected chi connectivity index (χ0v) is 10.2. The van der Waals surface area contributed by atoms with Crippen LogP contribution >= 0.6 is 0 Å². The fraction of sp³-hybridized carbons (Fsp3) is 0. The molecule has 0 aliphatic heterocycles. The van der Waals surface area contributed by atoms with E-state index in [0.717, 1.165) is 24.7 Å². The molecule has 6 nitrogen and oxygen atoms in total. The molecule has 0 aromatic carbocycles. The van der Waals surface area contributed by atoms with Crippen LogP contribution in [0.3, 0.4) is 0 Å². The van der Waals surface area contributed by atoms with E-state index in [2.05, 4.69) is 15.0 Å². The van der Waals surface area contributed by atoms with E-state index in [4.69, 9.17) is 5.26 Å². The minimum absolute atomic E-state index is 0.281. The van der Waals surface area contributed by atoms with Gasteiger partial charge in [0.2, 0.25) is 0 Å². The summed E-state index contributed by atoms with van der Waals surface area (Å²) in [6.45, 7) is 0. The molecule has 2 rings (SSSR count). The van der Waals surface area contributed by atoms with Crippen molar-refractivity contribution < 1.29 is 5.11 Å². The van der Waals surface area contributed by atoms with Crippen LogP contribution in [0, 0.1) is 11.3 Å². The van der Waals surface area contributed by atoms with Gasteiger partial charge in [0, 0.05) is 0 Å². The third kappa shape index (κ3) is 1.19. The molecule has 0 fully saturated rings. The first-order chi connectivity index (χ1) is 6.63. The van der Waals surface area contributed by atoms with Crippen molar-refractivity contribution in [2.45, 2.75) is 0 Å². The number of fused-ring (bicyclic) bond motifs is 1. The van der Waals surface area contributed by atoms with Crippen molar-refractivity contribution in [2.75, 3.05) is 0 Å². The molecular weight excluding hydrogens is 381 g/mol. The number of hydrogen-bond acceptors (Lipinski definition) is 4. The van der Waals surface area contributed by atoms with Gasteiger partial charge < -0.3 is 0 Å². The molecule has 3 N–H and O–H groups in total. The summed E-state index contributed by atoms with van der Waals surface area (Å²) >= 11 is 0.877. The standard InChI is InChI=1S/C7H3N4O2.Bi/c8-1-3-5(12)4-6(10-2-9-4)11-7(3)13;/h(H3,9,10,11,12,13);. The van der Waals surface area contributed by atoms with Crippen molar-refractivity contribution in [3.8, 4) is 11.8 Å². The van der Waals surface area contributed by atoms with Crippen molar-refractivity contribution in [1.82, 2.24) is 15.0 Å². The van der Waals surface area contributed by atoms with E-state index in [0.29, 0.717) is 9.05 Å². The Bertz CT molecular complexity index is 606. The number of nitrogens with one attached hydrogen (secondary N) is 2. The first kappa shape index (κ1) is 9.16. The van der Waals surface area contributed by atoms with Crippen LogP contribution in [0.25, 0.3) is 11.2 Å². The molecule has 0 saturated heterocycles. The molecule has 68 valence electrons. The second kappa shape index (κ2) is 3.07. The van der Waals surface area contributed by atoms with Crippen LogP contribution in [0.2, 0.25) is 0 Å². The number of hydrogen-bond donors (Lipinski definition) is 3. The van der Waals surface area contributed by atoms with Crippen LogP contribution in [-0.4, -0.2) is 44.8 Å². The van der Waals surface area contributed by atoms with Gasteiger partial charge in [0.15, 0.2) is 0 Å². The Morgan fingerprint density at radius 1 is 1.50 bits per heavy atom. The Hall–Kier alpha value is -1.41. The van der Waals surface area contributed by atoms with Gasteiger partial charge in [-0.3, -0.25) is 0 Å². The number of aromatic amines is 2. The Balaban J connectivity index is 3.01. The SMILES string of the molecule is N#Cc1c(O)c2[nH][c]([Bi])nc2[nH]c1=O. The van der Waals surface area contributed by atoms with E-state index in [-0.39, 0.29) is 17.0 Å². The number of nitrogens with zero attached hydrogens (tertiary/aromatic N) is 2. The van der Waals surface area contributed by atoms with Gasteiger partial charge in [-0.05, 0) is 0 Å². The molecule has 0 unspecified atom stereocenters. The predicted molar refractivity (Wildman–Crippen MR) is 48.5 cm³/mol. The molecule has 2 radical (unpaired) electrons. The summed E-state index contributed by atoms with van der Waals surface area (Å²) in [6, 6.07) is 1.63. The monoisotopic (exact) mass is 384 g/mol. The zero-order chi connectivity index (χ0) is 10.3. The fourth-order valence-electron chi connectivity index (χ4n) is 1.13. The average molecular weight is 384 g/mol. The van der Waals surface area contributed by atoms with E-state index >= 15 is 0 Å². The first-order valence-corrected chi connectivity index (χ1v) is 5.31.